The second kappa shape index (κ2) is 11.7. The fourth-order valence-corrected chi connectivity index (χ4v) is 3.34. The zero-order chi connectivity index (χ0) is 26.2. The van der Waals surface area contributed by atoms with E-state index in [1.165, 1.54) is 0 Å². The van der Waals surface area contributed by atoms with Crippen molar-refractivity contribution in [3.05, 3.63) is 41.7 Å². The Morgan fingerprint density at radius 2 is 1.75 bits per heavy atom. The van der Waals surface area contributed by atoms with Gasteiger partial charge in [-0.2, -0.15) is 9.97 Å². The maximum atomic E-state index is 12.6. The van der Waals surface area contributed by atoms with Gasteiger partial charge in [0, 0.05) is 37.7 Å². The number of nitrogens with zero attached hydrogens (tertiary/aromatic N) is 5. The van der Waals surface area contributed by atoms with Gasteiger partial charge in [-0.25, -0.2) is 21.7 Å². The summed E-state index contributed by atoms with van der Waals surface area (Å²) in [5, 5.41) is 2.57. The van der Waals surface area contributed by atoms with E-state index in [9.17, 15) is 14.4 Å². The molecule has 3 amide bonds. The minimum atomic E-state index is -0.999. The molecule has 0 aliphatic heterocycles. The van der Waals surface area contributed by atoms with Crippen LogP contribution in [-0.4, -0.2) is 57.3 Å². The number of nitrogen functional groups attached to an aromatic ring is 2. The molecular weight excluding hydrogens is 468 g/mol. The van der Waals surface area contributed by atoms with E-state index in [1.54, 1.807) is 30.5 Å². The smallest absolute Gasteiger partial charge is 0.256 e. The summed E-state index contributed by atoms with van der Waals surface area (Å²) in [7, 11) is 1.89. The highest BCUT2D eigenvalue weighted by Crippen LogP contribution is 2.17. The van der Waals surface area contributed by atoms with Crippen molar-refractivity contribution in [1.82, 2.24) is 36.1 Å². The molecule has 1 atom stereocenters. The molecule has 0 radical (unpaired) electrons. The lowest BCUT2D eigenvalue weighted by atomic mass is 10.1. The topological polar surface area (TPSA) is 246 Å². The van der Waals surface area contributed by atoms with E-state index in [0.29, 0.717) is 35.4 Å². The fourth-order valence-electron chi connectivity index (χ4n) is 3.34. The molecule has 0 unspecified atom stereocenters. The summed E-state index contributed by atoms with van der Waals surface area (Å²) in [6.07, 6.45) is 2.15. The largest absolute Gasteiger partial charge is 0.382 e. The molecule has 2 aromatic heterocycles. The normalized spacial score (nSPS) is 11.5. The molecule has 2 heterocycles. The fraction of sp³-hybridized carbons (Fsp3) is 0.286. The SMILES string of the molecule is CN(CCc1cnc2nc(N)nc(N)c2n1)c1ccc(C(=O)N[C@@H](CCC(=O)NN)C(=O)NN)cc1. The zero-order valence-corrected chi connectivity index (χ0v) is 19.6. The number of likely N-dealkylation sites (N-methyl/N-ethyl adjacent to an activating group) is 1. The van der Waals surface area contributed by atoms with Crippen LogP contribution in [0.5, 0.6) is 0 Å². The van der Waals surface area contributed by atoms with Crippen molar-refractivity contribution in [3.63, 3.8) is 0 Å². The minimum Gasteiger partial charge on any atom is -0.382 e. The maximum Gasteiger partial charge on any atom is 0.256 e. The van der Waals surface area contributed by atoms with Gasteiger partial charge in [0.1, 0.15) is 6.04 Å². The predicted molar refractivity (Wildman–Crippen MR) is 133 cm³/mol. The number of fused-ring (bicyclic) bond motifs is 1. The second-order valence-electron chi connectivity index (χ2n) is 7.86. The number of hydrogen-bond acceptors (Lipinski definition) is 12. The van der Waals surface area contributed by atoms with Gasteiger partial charge in [0.25, 0.3) is 11.8 Å². The zero-order valence-electron chi connectivity index (χ0n) is 19.6. The third-order valence-electron chi connectivity index (χ3n) is 5.36. The van der Waals surface area contributed by atoms with Crippen LogP contribution in [0.25, 0.3) is 11.2 Å². The highest BCUT2D eigenvalue weighted by molar-refractivity contribution is 5.97. The molecule has 0 saturated carbocycles. The summed E-state index contributed by atoms with van der Waals surface area (Å²) in [5.41, 5.74) is 18.0. The number of nitrogens with two attached hydrogens (primary N) is 4. The van der Waals surface area contributed by atoms with E-state index in [2.05, 4.69) is 25.3 Å². The third kappa shape index (κ3) is 6.49. The Morgan fingerprint density at radius 3 is 2.42 bits per heavy atom. The lowest BCUT2D eigenvalue weighted by Gasteiger charge is -2.20. The quantitative estimate of drug-likeness (QED) is 0.0925. The van der Waals surface area contributed by atoms with Crippen molar-refractivity contribution in [2.24, 2.45) is 11.7 Å². The van der Waals surface area contributed by atoms with E-state index >= 15 is 0 Å². The molecule has 11 N–H and O–H groups in total. The van der Waals surface area contributed by atoms with Crippen molar-refractivity contribution in [2.75, 3.05) is 30.0 Å². The van der Waals surface area contributed by atoms with Crippen LogP contribution in [0.15, 0.2) is 30.5 Å². The number of carbonyl (C=O) groups excluding carboxylic acids is 3. The van der Waals surface area contributed by atoms with E-state index in [4.69, 9.17) is 23.2 Å². The molecule has 0 bridgehead atoms. The van der Waals surface area contributed by atoms with Gasteiger partial charge in [0.15, 0.2) is 17.0 Å². The molecule has 0 aliphatic rings. The Labute approximate surface area is 206 Å². The summed E-state index contributed by atoms with van der Waals surface area (Å²) in [6, 6.07) is 5.80. The van der Waals surface area contributed by atoms with Gasteiger partial charge in [-0.15, -0.1) is 0 Å². The molecule has 0 spiro atoms. The number of hydrogen-bond donors (Lipinski definition) is 7. The third-order valence-corrected chi connectivity index (χ3v) is 5.36. The Hall–Kier alpha value is -4.63. The number of amides is 3. The standard InChI is InChI=1S/C21H28N12O3/c1-33(9-8-12-10-26-18-16(27-12)17(22)29-21(23)30-18)13-4-2-11(3-5-13)19(35)28-14(20(36)32-25)6-7-15(34)31-24/h2-5,10,14H,6-9,24-25H2,1H3,(H,28,35)(H,31,34)(H,32,36)(H4,22,23,26,29,30)/t14-/m0/s1. The van der Waals surface area contributed by atoms with Gasteiger partial charge in [0.05, 0.1) is 11.9 Å². The Bertz CT molecular complexity index is 1250. The van der Waals surface area contributed by atoms with Crippen LogP contribution >= 0.6 is 0 Å². The van der Waals surface area contributed by atoms with Gasteiger partial charge < -0.3 is 21.7 Å². The van der Waals surface area contributed by atoms with Crippen molar-refractivity contribution >= 4 is 46.3 Å². The van der Waals surface area contributed by atoms with Crippen LogP contribution in [0, 0.1) is 0 Å². The molecule has 15 nitrogen and oxygen atoms in total. The van der Waals surface area contributed by atoms with E-state index in [-0.39, 0.29) is 24.6 Å². The summed E-state index contributed by atoms with van der Waals surface area (Å²) in [4.78, 5) is 54.6. The first-order chi connectivity index (χ1) is 17.2. The van der Waals surface area contributed by atoms with Gasteiger partial charge in [0.2, 0.25) is 11.9 Å². The molecule has 3 aromatic rings. The number of carbonyl (C=O) groups is 3. The number of hydrazine groups is 2. The van der Waals surface area contributed by atoms with Crippen LogP contribution in [0.4, 0.5) is 17.5 Å². The summed E-state index contributed by atoms with van der Waals surface area (Å²) >= 11 is 0. The number of benzene rings is 1. The Kier molecular flexibility index (Phi) is 8.43. The molecule has 0 aliphatic carbocycles. The van der Waals surface area contributed by atoms with Crippen molar-refractivity contribution in [1.29, 1.82) is 0 Å². The lowest BCUT2D eigenvalue weighted by molar-refractivity contribution is -0.124. The molecular formula is C21H28N12O3. The van der Waals surface area contributed by atoms with Gasteiger partial charge in [-0.3, -0.25) is 25.2 Å². The monoisotopic (exact) mass is 496 g/mol. The minimum absolute atomic E-state index is 0.0292. The van der Waals surface area contributed by atoms with Gasteiger partial charge in [-0.1, -0.05) is 0 Å². The van der Waals surface area contributed by atoms with Gasteiger partial charge in [-0.05, 0) is 30.7 Å². The number of anilines is 3. The Balaban J connectivity index is 1.60. The van der Waals surface area contributed by atoms with Gasteiger partial charge >= 0.3 is 0 Å². The van der Waals surface area contributed by atoms with Crippen LogP contribution in [0.1, 0.15) is 28.9 Å². The summed E-state index contributed by atoms with van der Waals surface area (Å²) in [6.45, 7) is 0.601. The highest BCUT2D eigenvalue weighted by Gasteiger charge is 2.21. The van der Waals surface area contributed by atoms with Crippen LogP contribution in [-0.2, 0) is 16.0 Å². The molecule has 15 heteroatoms. The van der Waals surface area contributed by atoms with E-state index < -0.39 is 23.8 Å². The van der Waals surface area contributed by atoms with Crippen LogP contribution < -0.4 is 44.2 Å². The average Bonchev–Trinajstić information content (AvgIpc) is 2.88. The number of aromatic nitrogens is 4. The molecule has 190 valence electrons. The lowest BCUT2D eigenvalue weighted by Crippen LogP contribution is -2.49. The first kappa shape index (κ1) is 26.0. The highest BCUT2D eigenvalue weighted by atomic mass is 16.2. The molecule has 0 fully saturated rings. The first-order valence-electron chi connectivity index (χ1n) is 10.9. The molecule has 36 heavy (non-hydrogen) atoms. The van der Waals surface area contributed by atoms with E-state index in [0.717, 1.165) is 5.69 Å². The molecule has 0 saturated heterocycles. The number of nitrogens with one attached hydrogen (secondary N) is 3. The maximum absolute atomic E-state index is 12.6. The summed E-state index contributed by atoms with van der Waals surface area (Å²) < 4.78 is 0. The predicted octanol–water partition coefficient (Wildman–Crippen LogP) is -1.88. The average molecular weight is 497 g/mol. The van der Waals surface area contributed by atoms with Crippen LogP contribution in [0.2, 0.25) is 0 Å². The Morgan fingerprint density at radius 1 is 1.03 bits per heavy atom. The summed E-state index contributed by atoms with van der Waals surface area (Å²) in [5.74, 6) is 8.85. The first-order valence-corrected chi connectivity index (χ1v) is 10.9. The molecule has 3 rings (SSSR count). The van der Waals surface area contributed by atoms with E-state index in [1.807, 2.05) is 22.8 Å². The van der Waals surface area contributed by atoms with Crippen LogP contribution in [0.3, 0.4) is 0 Å². The van der Waals surface area contributed by atoms with Crippen molar-refractivity contribution in [3.8, 4) is 0 Å². The second-order valence-corrected chi connectivity index (χ2v) is 7.86. The van der Waals surface area contributed by atoms with Crippen molar-refractivity contribution in [2.45, 2.75) is 25.3 Å². The number of rotatable bonds is 10. The van der Waals surface area contributed by atoms with Crippen molar-refractivity contribution < 1.29 is 14.4 Å². The molecule has 1 aromatic carbocycles.